The van der Waals surface area contributed by atoms with Crippen LogP contribution in [0.2, 0.25) is 0 Å². The van der Waals surface area contributed by atoms with E-state index in [4.69, 9.17) is 9.39 Å². The molecule has 5 heteroatoms. The van der Waals surface area contributed by atoms with Crippen molar-refractivity contribution in [3.63, 3.8) is 0 Å². The number of fused-ring (bicyclic) bond motifs is 1. The maximum absolute atomic E-state index is 10.6. The second-order valence-corrected chi connectivity index (χ2v) is 9.77. The zero-order valence-electron chi connectivity index (χ0n) is 20.3. The highest BCUT2D eigenvalue weighted by Crippen LogP contribution is 2.35. The van der Waals surface area contributed by atoms with Crippen LogP contribution in [0.25, 0.3) is 5.57 Å². The number of hydrogen-bond donors (Lipinski definition) is 2. The van der Waals surface area contributed by atoms with Crippen molar-refractivity contribution >= 4 is 12.7 Å². The van der Waals surface area contributed by atoms with Crippen LogP contribution < -0.4 is 9.97 Å². The summed E-state index contributed by atoms with van der Waals surface area (Å²) in [5.74, 6) is 2.10. The van der Waals surface area contributed by atoms with Crippen LogP contribution in [0, 0.1) is 5.92 Å². The molecule has 1 aromatic rings. The molecular weight excluding hydrogens is 409 g/mol. The second-order valence-electron chi connectivity index (χ2n) is 9.77. The lowest BCUT2D eigenvalue weighted by Gasteiger charge is -2.31. The van der Waals surface area contributed by atoms with E-state index in [0.717, 1.165) is 64.7 Å². The maximum Gasteiger partial charge on any atom is 0.546 e. The van der Waals surface area contributed by atoms with Crippen LogP contribution in [0.4, 0.5) is 0 Å². The van der Waals surface area contributed by atoms with E-state index >= 15 is 0 Å². The molecule has 1 aromatic carbocycles. The number of nitrogens with one attached hydrogen (secondary N) is 1. The first-order chi connectivity index (χ1) is 15.8. The Hall–Kier alpha value is -2.40. The first-order valence-electron chi connectivity index (χ1n) is 12.4. The van der Waals surface area contributed by atoms with Crippen molar-refractivity contribution in [1.82, 2.24) is 5.32 Å². The van der Waals surface area contributed by atoms with Crippen LogP contribution in [-0.4, -0.2) is 24.7 Å². The van der Waals surface area contributed by atoms with E-state index in [1.54, 1.807) is 0 Å². The van der Waals surface area contributed by atoms with Gasteiger partial charge in [0.1, 0.15) is 5.75 Å². The molecule has 0 spiro atoms. The van der Waals surface area contributed by atoms with Gasteiger partial charge in [-0.2, -0.15) is 0 Å². The van der Waals surface area contributed by atoms with Crippen LogP contribution in [0.15, 0.2) is 61.5 Å². The monoisotopic (exact) mass is 449 g/mol. The van der Waals surface area contributed by atoms with Crippen LogP contribution >= 0.6 is 0 Å². The molecule has 1 aliphatic carbocycles. The first-order valence-corrected chi connectivity index (χ1v) is 12.4. The van der Waals surface area contributed by atoms with E-state index in [1.165, 1.54) is 32.1 Å². The predicted molar refractivity (Wildman–Crippen MR) is 139 cm³/mol. The summed E-state index contributed by atoms with van der Waals surface area (Å²) in [6.07, 6.45) is 10.6. The van der Waals surface area contributed by atoms with Gasteiger partial charge in [0.15, 0.2) is 0 Å². The molecule has 1 atom stereocenters. The number of benzene rings is 1. The molecule has 2 aliphatic rings. The van der Waals surface area contributed by atoms with E-state index in [-0.39, 0.29) is 5.94 Å². The molecule has 0 unspecified atom stereocenters. The van der Waals surface area contributed by atoms with Gasteiger partial charge >= 0.3 is 7.12 Å². The van der Waals surface area contributed by atoms with Gasteiger partial charge in [0.2, 0.25) is 0 Å². The highest BCUT2D eigenvalue weighted by atomic mass is 16.5. The molecule has 1 heterocycles. The molecule has 3 rings (SSSR count). The fraction of sp³-hybridized carbons (Fsp3) is 0.500. The Morgan fingerprint density at radius 3 is 2.61 bits per heavy atom. The summed E-state index contributed by atoms with van der Waals surface area (Å²) in [5, 5.41) is 14.0. The third kappa shape index (κ3) is 7.57. The molecule has 1 aliphatic heterocycles. The van der Waals surface area contributed by atoms with Crippen LogP contribution in [0.3, 0.4) is 0 Å². The van der Waals surface area contributed by atoms with E-state index in [2.05, 4.69) is 31.6 Å². The van der Waals surface area contributed by atoms with Crippen molar-refractivity contribution < 1.29 is 14.4 Å². The molecule has 2 N–H and O–H groups in total. The molecule has 1 saturated carbocycles. The van der Waals surface area contributed by atoms with E-state index < -0.39 is 7.12 Å². The smallest absolute Gasteiger partial charge is 0.534 e. The summed E-state index contributed by atoms with van der Waals surface area (Å²) in [6.45, 7) is 19.0. The molecular formula is C28H40BNO3. The number of hydrogen-bond acceptors (Lipinski definition) is 4. The average molecular weight is 449 g/mol. The van der Waals surface area contributed by atoms with Crippen LogP contribution in [-0.2, 0) is 11.2 Å². The SMILES string of the molecule is C=C(C)CCC(=C)N[C@H]1Cc2cccc(C(=C)CCOC(=C)CC3CCCCC3)c2OB1O. The Bertz CT molecular complexity index is 872. The van der Waals surface area contributed by atoms with Gasteiger partial charge in [0, 0.05) is 24.1 Å². The Morgan fingerprint density at radius 2 is 1.88 bits per heavy atom. The molecule has 0 aromatic heterocycles. The van der Waals surface area contributed by atoms with E-state index in [9.17, 15) is 5.02 Å². The summed E-state index contributed by atoms with van der Waals surface area (Å²) in [6, 6.07) is 6.08. The number of rotatable bonds is 12. The second kappa shape index (κ2) is 12.2. The minimum atomic E-state index is -0.945. The Labute approximate surface area is 200 Å². The zero-order valence-corrected chi connectivity index (χ0v) is 20.3. The zero-order chi connectivity index (χ0) is 23.8. The Kier molecular flexibility index (Phi) is 9.31. The molecule has 1 fully saturated rings. The van der Waals surface area contributed by atoms with Gasteiger partial charge in [-0.05, 0) is 43.2 Å². The van der Waals surface area contributed by atoms with Crippen molar-refractivity contribution in [3.05, 3.63) is 72.7 Å². The summed E-state index contributed by atoms with van der Waals surface area (Å²) in [4.78, 5) is 0. The molecule has 0 amide bonds. The molecule has 0 saturated heterocycles. The van der Waals surface area contributed by atoms with E-state index in [0.29, 0.717) is 19.4 Å². The molecule has 0 radical (unpaired) electrons. The van der Waals surface area contributed by atoms with Crippen molar-refractivity contribution in [2.45, 2.75) is 77.1 Å². The highest BCUT2D eigenvalue weighted by Gasteiger charge is 2.36. The van der Waals surface area contributed by atoms with Crippen molar-refractivity contribution in [2.24, 2.45) is 5.92 Å². The fourth-order valence-corrected chi connectivity index (χ4v) is 4.75. The third-order valence-corrected chi connectivity index (χ3v) is 6.69. The first kappa shape index (κ1) is 25.2. The number of ether oxygens (including phenoxy) is 1. The molecule has 4 nitrogen and oxygen atoms in total. The van der Waals surface area contributed by atoms with Gasteiger partial charge in [-0.1, -0.05) is 75.6 Å². The summed E-state index contributed by atoms with van der Waals surface area (Å²) in [7, 11) is -0.945. The summed E-state index contributed by atoms with van der Waals surface area (Å²) < 4.78 is 11.9. The lowest BCUT2D eigenvalue weighted by atomic mass is 9.72. The molecule has 0 bridgehead atoms. The van der Waals surface area contributed by atoms with Gasteiger partial charge < -0.3 is 19.7 Å². The number of allylic oxidation sites excluding steroid dienone is 3. The maximum atomic E-state index is 10.6. The lowest BCUT2D eigenvalue weighted by Crippen LogP contribution is -2.50. The normalized spacial score (nSPS) is 18.1. The topological polar surface area (TPSA) is 50.7 Å². The Morgan fingerprint density at radius 1 is 1.12 bits per heavy atom. The van der Waals surface area contributed by atoms with Crippen molar-refractivity contribution in [2.75, 3.05) is 6.61 Å². The van der Waals surface area contributed by atoms with Gasteiger partial charge in [0.25, 0.3) is 0 Å². The standard InChI is InChI=1S/C28H40BNO3/c1-20(2)14-15-22(4)30-27-19-25-12-9-13-26(28(25)33-29(27)31)21(3)16-17-32-23(5)18-24-10-7-6-8-11-24/h9,12-13,24,27,30-31H,1,3-8,10-11,14-19H2,2H3/t27-/m0/s1. The quantitative estimate of drug-likeness (QED) is 0.221. The van der Waals surface area contributed by atoms with Crippen molar-refractivity contribution in [3.8, 4) is 5.75 Å². The van der Waals surface area contributed by atoms with Gasteiger partial charge in [-0.25, -0.2) is 0 Å². The molecule has 33 heavy (non-hydrogen) atoms. The Balaban J connectivity index is 1.52. The third-order valence-electron chi connectivity index (χ3n) is 6.69. The summed E-state index contributed by atoms with van der Waals surface area (Å²) >= 11 is 0. The fourth-order valence-electron chi connectivity index (χ4n) is 4.75. The van der Waals surface area contributed by atoms with Gasteiger partial charge in [-0.15, -0.1) is 6.58 Å². The van der Waals surface area contributed by atoms with Gasteiger partial charge in [0.05, 0.1) is 18.3 Å². The van der Waals surface area contributed by atoms with Crippen LogP contribution in [0.5, 0.6) is 5.75 Å². The highest BCUT2D eigenvalue weighted by molar-refractivity contribution is 6.46. The average Bonchev–Trinajstić information content (AvgIpc) is 2.78. The minimum absolute atomic E-state index is 0.231. The number of para-hydroxylation sites is 1. The summed E-state index contributed by atoms with van der Waals surface area (Å²) in [5.41, 5.74) is 4.95. The van der Waals surface area contributed by atoms with Crippen LogP contribution in [0.1, 0.15) is 75.8 Å². The predicted octanol–water partition coefficient (Wildman–Crippen LogP) is 6.37. The lowest BCUT2D eigenvalue weighted by molar-refractivity contribution is 0.190. The van der Waals surface area contributed by atoms with E-state index in [1.807, 2.05) is 25.1 Å². The van der Waals surface area contributed by atoms with Crippen molar-refractivity contribution in [1.29, 1.82) is 0 Å². The largest absolute Gasteiger partial charge is 0.546 e. The molecule has 178 valence electrons. The van der Waals surface area contributed by atoms with Gasteiger partial charge in [-0.3, -0.25) is 0 Å². The minimum Gasteiger partial charge on any atom is -0.534 e.